The van der Waals surface area contributed by atoms with Crippen molar-refractivity contribution in [2.45, 2.75) is 13.3 Å². The van der Waals surface area contributed by atoms with E-state index in [0.717, 1.165) is 17.7 Å². The number of nitrogens with one attached hydrogen (secondary N) is 1. The van der Waals surface area contributed by atoms with Crippen molar-refractivity contribution >= 4 is 23.1 Å². The topological polar surface area (TPSA) is 67.5 Å². The number of amides is 2. The van der Waals surface area contributed by atoms with E-state index in [-0.39, 0.29) is 0 Å². The van der Waals surface area contributed by atoms with E-state index in [1.807, 2.05) is 11.4 Å². The molecular formula is C9H11N3OS. The highest BCUT2D eigenvalue weighted by molar-refractivity contribution is 7.10. The normalized spacial score (nSPS) is 22.4. The number of nitrogens with zero attached hydrogens (tertiary/aromatic N) is 1. The van der Waals surface area contributed by atoms with Gasteiger partial charge in [-0.05, 0) is 17.9 Å². The summed E-state index contributed by atoms with van der Waals surface area (Å²) < 4.78 is 0. The zero-order valence-electron chi connectivity index (χ0n) is 7.78. The molecule has 14 heavy (non-hydrogen) atoms. The molecule has 0 saturated carbocycles. The summed E-state index contributed by atoms with van der Waals surface area (Å²) in [5.41, 5.74) is 9.32. The summed E-state index contributed by atoms with van der Waals surface area (Å²) in [4.78, 5) is 11.9. The van der Waals surface area contributed by atoms with E-state index >= 15 is 0 Å². The van der Waals surface area contributed by atoms with Crippen LogP contribution in [0.4, 0.5) is 4.79 Å². The maximum absolute atomic E-state index is 10.5. The molecular weight excluding hydrogens is 198 g/mol. The number of hydrazone groups is 1. The van der Waals surface area contributed by atoms with E-state index in [1.54, 1.807) is 11.3 Å². The highest BCUT2D eigenvalue weighted by Crippen LogP contribution is 2.31. The second kappa shape index (κ2) is 3.42. The fraction of sp³-hybridized carbons (Fsp3) is 0.333. The summed E-state index contributed by atoms with van der Waals surface area (Å²) in [6, 6.07) is 1.42. The third kappa shape index (κ3) is 1.50. The first-order valence-electron chi connectivity index (χ1n) is 4.38. The lowest BCUT2D eigenvalue weighted by Crippen LogP contribution is -2.26. The first kappa shape index (κ1) is 9.21. The van der Waals surface area contributed by atoms with E-state index in [9.17, 15) is 4.79 Å². The maximum atomic E-state index is 10.5. The van der Waals surface area contributed by atoms with Crippen LogP contribution in [0.25, 0.3) is 0 Å². The summed E-state index contributed by atoms with van der Waals surface area (Å²) in [6.07, 6.45) is 1.01. The van der Waals surface area contributed by atoms with Crippen LogP contribution >= 0.6 is 11.3 Å². The first-order valence-corrected chi connectivity index (χ1v) is 5.26. The molecule has 0 radical (unpaired) electrons. The van der Waals surface area contributed by atoms with Crippen molar-refractivity contribution in [3.8, 4) is 0 Å². The monoisotopic (exact) mass is 209 g/mol. The minimum absolute atomic E-state index is 0.365. The van der Waals surface area contributed by atoms with E-state index in [1.165, 1.54) is 4.88 Å². The van der Waals surface area contributed by atoms with Gasteiger partial charge in [-0.25, -0.2) is 10.2 Å². The Morgan fingerprint density at radius 2 is 2.57 bits per heavy atom. The van der Waals surface area contributed by atoms with Crippen molar-refractivity contribution < 1.29 is 4.79 Å². The van der Waals surface area contributed by atoms with Gasteiger partial charge in [0, 0.05) is 16.4 Å². The molecule has 4 nitrogen and oxygen atoms in total. The number of hydrogen-bond donors (Lipinski definition) is 2. The molecule has 1 aliphatic rings. The van der Waals surface area contributed by atoms with Crippen molar-refractivity contribution in [1.82, 2.24) is 5.43 Å². The van der Waals surface area contributed by atoms with Crippen LogP contribution < -0.4 is 11.2 Å². The molecule has 2 rings (SSSR count). The molecule has 0 aromatic carbocycles. The van der Waals surface area contributed by atoms with Gasteiger partial charge in [0.25, 0.3) is 0 Å². The van der Waals surface area contributed by atoms with Gasteiger partial charge in [0.1, 0.15) is 0 Å². The zero-order valence-corrected chi connectivity index (χ0v) is 8.60. The lowest BCUT2D eigenvalue weighted by Gasteiger charge is -2.03. The Bertz CT molecular complexity index is 397. The molecule has 3 N–H and O–H groups in total. The number of thiophene rings is 1. The number of primary amides is 1. The Hall–Kier alpha value is -1.36. The van der Waals surface area contributed by atoms with Gasteiger partial charge in [0.2, 0.25) is 0 Å². The van der Waals surface area contributed by atoms with Crippen LogP contribution in [0.3, 0.4) is 0 Å². The molecule has 1 atom stereocenters. The van der Waals surface area contributed by atoms with Crippen molar-refractivity contribution in [2.75, 3.05) is 0 Å². The second-order valence-corrected chi connectivity index (χ2v) is 4.34. The summed E-state index contributed by atoms with van der Waals surface area (Å²) >= 11 is 1.73. The quantitative estimate of drug-likeness (QED) is 0.673. The van der Waals surface area contributed by atoms with Gasteiger partial charge in [-0.15, -0.1) is 11.3 Å². The highest BCUT2D eigenvalue weighted by Gasteiger charge is 2.26. The lowest BCUT2D eigenvalue weighted by atomic mass is 10.1. The third-order valence-electron chi connectivity index (χ3n) is 2.27. The Morgan fingerprint density at radius 3 is 3.29 bits per heavy atom. The predicted molar refractivity (Wildman–Crippen MR) is 56.4 cm³/mol. The average Bonchev–Trinajstić information content (AvgIpc) is 2.61. The van der Waals surface area contributed by atoms with Gasteiger partial charge in [-0.2, -0.15) is 5.10 Å². The number of urea groups is 1. The Labute approximate surface area is 85.8 Å². The molecule has 0 spiro atoms. The molecule has 74 valence electrons. The highest BCUT2D eigenvalue weighted by atomic mass is 32.1. The zero-order chi connectivity index (χ0) is 10.1. The van der Waals surface area contributed by atoms with E-state index in [0.29, 0.717) is 5.92 Å². The van der Waals surface area contributed by atoms with Crippen LogP contribution in [0.2, 0.25) is 0 Å². The number of hydrogen-bond acceptors (Lipinski definition) is 3. The molecule has 5 heteroatoms. The van der Waals surface area contributed by atoms with Gasteiger partial charge < -0.3 is 5.73 Å². The molecule has 1 aromatic rings. The molecule has 1 aromatic heterocycles. The summed E-state index contributed by atoms with van der Waals surface area (Å²) in [6.45, 7) is 2.09. The number of rotatable bonds is 1. The van der Waals surface area contributed by atoms with Gasteiger partial charge in [0.15, 0.2) is 0 Å². The fourth-order valence-corrected chi connectivity index (χ4v) is 2.67. The standard InChI is InChI=1S/C9H11N3OS/c1-5-4-7-6(2-3-14-7)8(5)11-12-9(10)13/h2-3,5H,4H2,1H3,(H3,10,12,13)/b11-8+. The van der Waals surface area contributed by atoms with Crippen molar-refractivity contribution in [3.63, 3.8) is 0 Å². The van der Waals surface area contributed by atoms with E-state index in [2.05, 4.69) is 17.5 Å². The van der Waals surface area contributed by atoms with Crippen molar-refractivity contribution in [1.29, 1.82) is 0 Å². The predicted octanol–water partition coefficient (Wildman–Crippen LogP) is 1.31. The van der Waals surface area contributed by atoms with Crippen LogP contribution in [0.5, 0.6) is 0 Å². The Kier molecular flexibility index (Phi) is 2.25. The van der Waals surface area contributed by atoms with Gasteiger partial charge in [-0.3, -0.25) is 0 Å². The molecule has 0 bridgehead atoms. The van der Waals surface area contributed by atoms with Crippen LogP contribution in [0.15, 0.2) is 16.5 Å². The molecule has 0 fully saturated rings. The molecule has 1 unspecified atom stereocenters. The Morgan fingerprint density at radius 1 is 1.79 bits per heavy atom. The lowest BCUT2D eigenvalue weighted by molar-refractivity contribution is 0.249. The summed E-state index contributed by atoms with van der Waals surface area (Å²) in [5.74, 6) is 0.365. The second-order valence-electron chi connectivity index (χ2n) is 3.34. The molecule has 0 aliphatic heterocycles. The summed E-state index contributed by atoms with van der Waals surface area (Å²) in [7, 11) is 0. The third-order valence-corrected chi connectivity index (χ3v) is 3.21. The number of nitrogens with two attached hydrogens (primary N) is 1. The molecule has 2 amide bonds. The minimum atomic E-state index is -0.617. The fourth-order valence-electron chi connectivity index (χ4n) is 1.65. The van der Waals surface area contributed by atoms with Gasteiger partial charge in [-0.1, -0.05) is 6.92 Å². The largest absolute Gasteiger partial charge is 0.350 e. The van der Waals surface area contributed by atoms with E-state index in [4.69, 9.17) is 5.73 Å². The van der Waals surface area contributed by atoms with Crippen LogP contribution in [-0.2, 0) is 6.42 Å². The van der Waals surface area contributed by atoms with Crippen molar-refractivity contribution in [3.05, 3.63) is 21.9 Å². The van der Waals surface area contributed by atoms with Crippen molar-refractivity contribution in [2.24, 2.45) is 16.8 Å². The number of carbonyl (C=O) groups excluding carboxylic acids is 1. The van der Waals surface area contributed by atoms with Crippen LogP contribution in [-0.4, -0.2) is 11.7 Å². The molecule has 0 saturated heterocycles. The molecule has 1 heterocycles. The maximum Gasteiger partial charge on any atom is 0.332 e. The van der Waals surface area contributed by atoms with E-state index < -0.39 is 6.03 Å². The Balaban J connectivity index is 2.27. The van der Waals surface area contributed by atoms with Crippen LogP contribution in [0.1, 0.15) is 17.4 Å². The number of fused-ring (bicyclic) bond motifs is 1. The summed E-state index contributed by atoms with van der Waals surface area (Å²) in [5, 5.41) is 6.05. The average molecular weight is 209 g/mol. The minimum Gasteiger partial charge on any atom is -0.350 e. The molecule has 1 aliphatic carbocycles. The van der Waals surface area contributed by atoms with Gasteiger partial charge in [0.05, 0.1) is 5.71 Å². The van der Waals surface area contributed by atoms with Crippen LogP contribution in [0, 0.1) is 5.92 Å². The van der Waals surface area contributed by atoms with Gasteiger partial charge >= 0.3 is 6.03 Å². The smallest absolute Gasteiger partial charge is 0.332 e. The first-order chi connectivity index (χ1) is 6.68. The SMILES string of the molecule is CC1Cc2sccc2/C1=N/NC(N)=O. The number of carbonyl (C=O) groups is 1.